The number of benzene rings is 1. The van der Waals surface area contributed by atoms with Crippen molar-refractivity contribution >= 4 is 23.2 Å². The van der Waals surface area contributed by atoms with E-state index in [1.807, 2.05) is 12.1 Å². The molecule has 1 N–H and O–H groups in total. The minimum atomic E-state index is 0.251. The van der Waals surface area contributed by atoms with E-state index in [1.54, 1.807) is 0 Å². The van der Waals surface area contributed by atoms with Gasteiger partial charge in [-0.2, -0.15) is 0 Å². The lowest BCUT2D eigenvalue weighted by atomic mass is 9.72. The van der Waals surface area contributed by atoms with Crippen LogP contribution in [-0.4, -0.2) is 13.1 Å². The molecule has 0 saturated carbocycles. The van der Waals surface area contributed by atoms with Crippen LogP contribution in [0.4, 0.5) is 0 Å². The van der Waals surface area contributed by atoms with E-state index in [0.29, 0.717) is 10.0 Å². The molecule has 1 nitrogen and oxygen atoms in total. The van der Waals surface area contributed by atoms with Crippen LogP contribution in [0, 0.1) is 0 Å². The number of nitrogens with one attached hydrogen (secondary N) is 1. The Balaban J connectivity index is 2.34. The Morgan fingerprint density at radius 1 is 1.29 bits per heavy atom. The van der Waals surface area contributed by atoms with E-state index in [0.717, 1.165) is 13.1 Å². The average molecular weight is 272 g/mol. The van der Waals surface area contributed by atoms with Gasteiger partial charge in [-0.3, -0.25) is 0 Å². The van der Waals surface area contributed by atoms with Gasteiger partial charge in [0.05, 0.1) is 10.0 Å². The van der Waals surface area contributed by atoms with E-state index >= 15 is 0 Å². The number of rotatable bonds is 3. The fourth-order valence-corrected chi connectivity index (χ4v) is 3.17. The van der Waals surface area contributed by atoms with Crippen molar-refractivity contribution in [2.24, 2.45) is 0 Å². The topological polar surface area (TPSA) is 12.0 Å². The molecule has 2 rings (SSSR count). The molecule has 0 radical (unpaired) electrons. The highest BCUT2D eigenvalue weighted by Gasteiger charge is 2.33. The highest BCUT2D eigenvalue weighted by molar-refractivity contribution is 6.42. The Hall–Kier alpha value is -0.240. The Morgan fingerprint density at radius 3 is 2.71 bits per heavy atom. The minimum Gasteiger partial charge on any atom is -0.316 e. The molecule has 1 aliphatic rings. The maximum absolute atomic E-state index is 6.14. The van der Waals surface area contributed by atoms with Crippen LogP contribution >= 0.6 is 23.2 Å². The summed E-state index contributed by atoms with van der Waals surface area (Å²) in [5, 5.41) is 4.83. The average Bonchev–Trinajstić information content (AvgIpc) is 2.34. The Labute approximate surface area is 114 Å². The maximum atomic E-state index is 6.14. The Morgan fingerprint density at radius 2 is 2.12 bits per heavy atom. The highest BCUT2D eigenvalue weighted by Crippen LogP contribution is 2.38. The quantitative estimate of drug-likeness (QED) is 0.859. The van der Waals surface area contributed by atoms with Crippen LogP contribution in [0.1, 0.15) is 38.2 Å². The SMILES string of the molecule is CCC[C@]1(c2ccc(Cl)c(Cl)c2)CCCNC1. The Kier molecular flexibility index (Phi) is 4.35. The molecule has 0 unspecified atom stereocenters. The van der Waals surface area contributed by atoms with Crippen LogP contribution in [0.15, 0.2) is 18.2 Å². The zero-order valence-electron chi connectivity index (χ0n) is 10.2. The second kappa shape index (κ2) is 5.60. The van der Waals surface area contributed by atoms with Gasteiger partial charge in [0.15, 0.2) is 0 Å². The first-order valence-corrected chi connectivity index (χ1v) is 7.10. The molecule has 1 atom stereocenters. The summed E-state index contributed by atoms with van der Waals surface area (Å²) in [5.74, 6) is 0. The normalized spacial score (nSPS) is 24.9. The number of hydrogen-bond donors (Lipinski definition) is 1. The van der Waals surface area contributed by atoms with E-state index in [9.17, 15) is 0 Å². The summed E-state index contributed by atoms with van der Waals surface area (Å²) >= 11 is 12.1. The summed E-state index contributed by atoms with van der Waals surface area (Å²) in [7, 11) is 0. The van der Waals surface area contributed by atoms with Crippen molar-refractivity contribution in [1.82, 2.24) is 5.32 Å². The molecule has 0 bridgehead atoms. The lowest BCUT2D eigenvalue weighted by Gasteiger charge is -2.38. The fourth-order valence-electron chi connectivity index (χ4n) is 2.88. The first-order chi connectivity index (χ1) is 8.18. The van der Waals surface area contributed by atoms with Crippen molar-refractivity contribution in [2.45, 2.75) is 38.0 Å². The van der Waals surface area contributed by atoms with E-state index < -0.39 is 0 Å². The molecule has 0 aliphatic carbocycles. The van der Waals surface area contributed by atoms with Gasteiger partial charge in [-0.15, -0.1) is 0 Å². The molecule has 3 heteroatoms. The maximum Gasteiger partial charge on any atom is 0.0595 e. The third-order valence-electron chi connectivity index (χ3n) is 3.73. The predicted octanol–water partition coefficient (Wildman–Crippen LogP) is 4.41. The molecule has 0 spiro atoms. The minimum absolute atomic E-state index is 0.251. The van der Waals surface area contributed by atoms with Crippen LogP contribution in [0.5, 0.6) is 0 Å². The van der Waals surface area contributed by atoms with Gasteiger partial charge in [0.2, 0.25) is 0 Å². The predicted molar refractivity (Wildman–Crippen MR) is 75.2 cm³/mol. The lowest BCUT2D eigenvalue weighted by Crippen LogP contribution is -2.43. The first kappa shape index (κ1) is 13.2. The second-order valence-corrected chi connectivity index (χ2v) is 5.75. The van der Waals surface area contributed by atoms with Crippen molar-refractivity contribution in [3.63, 3.8) is 0 Å². The van der Waals surface area contributed by atoms with Crippen LogP contribution in [0.3, 0.4) is 0 Å². The van der Waals surface area contributed by atoms with Gasteiger partial charge >= 0.3 is 0 Å². The largest absolute Gasteiger partial charge is 0.316 e. The van der Waals surface area contributed by atoms with E-state index in [-0.39, 0.29) is 5.41 Å². The summed E-state index contributed by atoms with van der Waals surface area (Å²) in [5.41, 5.74) is 1.59. The van der Waals surface area contributed by atoms with Crippen molar-refractivity contribution in [2.75, 3.05) is 13.1 Å². The van der Waals surface area contributed by atoms with Gasteiger partial charge in [0, 0.05) is 12.0 Å². The molecule has 17 heavy (non-hydrogen) atoms. The molecule has 1 heterocycles. The zero-order valence-corrected chi connectivity index (χ0v) is 11.7. The molecule has 1 aromatic rings. The van der Waals surface area contributed by atoms with Gasteiger partial charge in [0.1, 0.15) is 0 Å². The molecule has 0 amide bonds. The van der Waals surface area contributed by atoms with Gasteiger partial charge in [0.25, 0.3) is 0 Å². The molecular formula is C14H19Cl2N. The monoisotopic (exact) mass is 271 g/mol. The third-order valence-corrected chi connectivity index (χ3v) is 4.47. The third kappa shape index (κ3) is 2.78. The van der Waals surface area contributed by atoms with Crippen molar-refractivity contribution in [3.05, 3.63) is 33.8 Å². The van der Waals surface area contributed by atoms with Crippen LogP contribution in [0.25, 0.3) is 0 Å². The number of piperidine rings is 1. The van der Waals surface area contributed by atoms with Crippen molar-refractivity contribution in [3.8, 4) is 0 Å². The lowest BCUT2D eigenvalue weighted by molar-refractivity contribution is 0.290. The first-order valence-electron chi connectivity index (χ1n) is 6.34. The standard InChI is InChI=1S/C14H19Cl2N/c1-2-6-14(7-3-8-17-10-14)11-4-5-12(15)13(16)9-11/h4-5,9,17H,2-3,6-8,10H2,1H3/t14-/m0/s1. The molecule has 1 aromatic carbocycles. The molecule has 0 aromatic heterocycles. The van der Waals surface area contributed by atoms with Gasteiger partial charge in [-0.05, 0) is 43.5 Å². The summed E-state index contributed by atoms with van der Waals surface area (Å²) in [6, 6.07) is 6.11. The van der Waals surface area contributed by atoms with E-state index in [2.05, 4.69) is 18.3 Å². The summed E-state index contributed by atoms with van der Waals surface area (Å²) in [6.45, 7) is 4.43. The summed E-state index contributed by atoms with van der Waals surface area (Å²) < 4.78 is 0. The second-order valence-electron chi connectivity index (χ2n) is 4.94. The zero-order chi connectivity index (χ0) is 12.3. The smallest absolute Gasteiger partial charge is 0.0595 e. The summed E-state index contributed by atoms with van der Waals surface area (Å²) in [4.78, 5) is 0. The van der Waals surface area contributed by atoms with E-state index in [4.69, 9.17) is 23.2 Å². The van der Waals surface area contributed by atoms with Crippen LogP contribution in [-0.2, 0) is 5.41 Å². The molecule has 94 valence electrons. The van der Waals surface area contributed by atoms with Crippen molar-refractivity contribution in [1.29, 1.82) is 0 Å². The molecule has 1 aliphatic heterocycles. The number of hydrogen-bond acceptors (Lipinski definition) is 1. The van der Waals surface area contributed by atoms with Gasteiger partial charge in [-0.25, -0.2) is 0 Å². The van der Waals surface area contributed by atoms with Gasteiger partial charge < -0.3 is 5.32 Å². The molecule has 1 fully saturated rings. The summed E-state index contributed by atoms with van der Waals surface area (Å²) in [6.07, 6.45) is 4.88. The highest BCUT2D eigenvalue weighted by atomic mass is 35.5. The fraction of sp³-hybridized carbons (Fsp3) is 0.571. The van der Waals surface area contributed by atoms with Crippen LogP contribution < -0.4 is 5.32 Å². The van der Waals surface area contributed by atoms with E-state index in [1.165, 1.54) is 31.2 Å². The Bertz CT molecular complexity index is 378. The molecular weight excluding hydrogens is 253 g/mol. The molecule has 1 saturated heterocycles. The number of halogens is 2. The van der Waals surface area contributed by atoms with Gasteiger partial charge in [-0.1, -0.05) is 42.6 Å². The van der Waals surface area contributed by atoms with Crippen molar-refractivity contribution < 1.29 is 0 Å². The van der Waals surface area contributed by atoms with Crippen LogP contribution in [0.2, 0.25) is 10.0 Å².